The number of nitrogens with one attached hydrogen (secondary N) is 2. The maximum Gasteiger partial charge on any atom is 0.328 e. The van der Waals surface area contributed by atoms with Gasteiger partial charge in [0.25, 0.3) is 0 Å². The summed E-state index contributed by atoms with van der Waals surface area (Å²) in [4.78, 5) is 22.7. The number of hydrogen-bond acceptors (Lipinski definition) is 4. The first kappa shape index (κ1) is 12.9. The van der Waals surface area contributed by atoms with E-state index in [9.17, 15) is 9.59 Å². The van der Waals surface area contributed by atoms with E-state index in [1.807, 2.05) is 0 Å². The van der Waals surface area contributed by atoms with Crippen LogP contribution in [0.3, 0.4) is 0 Å². The zero-order chi connectivity index (χ0) is 12.2. The maximum atomic E-state index is 11.9. The van der Waals surface area contributed by atoms with Crippen molar-refractivity contribution in [3.8, 4) is 0 Å². The molecule has 1 heterocycles. The Labute approximate surface area is 94.3 Å². The van der Waals surface area contributed by atoms with Gasteiger partial charge in [-0.2, -0.15) is 0 Å². The van der Waals surface area contributed by atoms with Crippen molar-refractivity contribution >= 4 is 11.9 Å². The lowest BCUT2D eigenvalue weighted by atomic mass is 9.99. The molecule has 1 amide bonds. The fraction of sp³-hybridized carbons (Fsp3) is 0.800. The van der Waals surface area contributed by atoms with Crippen molar-refractivity contribution in [3.05, 3.63) is 0 Å². The molecule has 0 bridgehead atoms. The molecule has 92 valence electrons. The van der Waals surface area contributed by atoms with Crippen molar-refractivity contribution in [2.24, 2.45) is 0 Å². The molecule has 1 rings (SSSR count). The van der Waals surface area contributed by atoms with Gasteiger partial charge in [-0.25, -0.2) is 4.79 Å². The largest absolute Gasteiger partial charge is 0.480 e. The molecule has 0 saturated carbocycles. The number of carboxylic acids is 1. The average Bonchev–Trinajstić information content (AvgIpc) is 2.65. The highest BCUT2D eigenvalue weighted by Gasteiger charge is 2.37. The Morgan fingerprint density at radius 3 is 2.75 bits per heavy atom. The van der Waals surface area contributed by atoms with Crippen molar-refractivity contribution in [3.63, 3.8) is 0 Å². The van der Waals surface area contributed by atoms with Gasteiger partial charge < -0.3 is 20.5 Å². The predicted molar refractivity (Wildman–Crippen MR) is 57.1 cm³/mol. The summed E-state index contributed by atoms with van der Waals surface area (Å²) in [5.74, 6) is -1.37. The van der Waals surface area contributed by atoms with Crippen LogP contribution in [0.1, 0.15) is 19.8 Å². The molecule has 0 aromatic rings. The molecule has 16 heavy (non-hydrogen) atoms. The Hall–Kier alpha value is -1.14. The van der Waals surface area contributed by atoms with Crippen LogP contribution in [0.4, 0.5) is 0 Å². The molecule has 0 aromatic heterocycles. The third-order valence-corrected chi connectivity index (χ3v) is 2.81. The van der Waals surface area contributed by atoms with Gasteiger partial charge in [-0.05, 0) is 26.3 Å². The SMILES string of the molecule is COCC(NC(=O)C1(C)CCCN1)C(=O)O. The van der Waals surface area contributed by atoms with E-state index in [0.29, 0.717) is 0 Å². The fourth-order valence-corrected chi connectivity index (χ4v) is 1.75. The monoisotopic (exact) mass is 230 g/mol. The lowest BCUT2D eigenvalue weighted by Gasteiger charge is -2.25. The molecule has 1 aliphatic rings. The molecular weight excluding hydrogens is 212 g/mol. The minimum Gasteiger partial charge on any atom is -0.480 e. The first-order valence-electron chi connectivity index (χ1n) is 5.27. The smallest absolute Gasteiger partial charge is 0.328 e. The Morgan fingerprint density at radius 2 is 2.31 bits per heavy atom. The molecule has 3 N–H and O–H groups in total. The van der Waals surface area contributed by atoms with Crippen LogP contribution in [0.2, 0.25) is 0 Å². The van der Waals surface area contributed by atoms with E-state index in [4.69, 9.17) is 9.84 Å². The van der Waals surface area contributed by atoms with Crippen LogP contribution in [-0.4, -0.2) is 48.8 Å². The van der Waals surface area contributed by atoms with Gasteiger partial charge in [-0.3, -0.25) is 4.79 Å². The van der Waals surface area contributed by atoms with Gasteiger partial charge in [0.15, 0.2) is 6.04 Å². The first-order valence-corrected chi connectivity index (χ1v) is 5.27. The van der Waals surface area contributed by atoms with Crippen molar-refractivity contribution in [1.29, 1.82) is 0 Å². The quantitative estimate of drug-likeness (QED) is 0.584. The standard InChI is InChI=1S/C10H18N2O4/c1-10(4-3-5-11-10)9(15)12-7(6-16-2)8(13)14/h7,11H,3-6H2,1-2H3,(H,12,15)(H,13,14). The molecule has 6 nitrogen and oxygen atoms in total. The van der Waals surface area contributed by atoms with Crippen LogP contribution in [0.5, 0.6) is 0 Å². The summed E-state index contributed by atoms with van der Waals surface area (Å²) < 4.78 is 4.75. The van der Waals surface area contributed by atoms with Crippen molar-refractivity contribution in [2.75, 3.05) is 20.3 Å². The summed E-state index contributed by atoms with van der Waals surface area (Å²) in [6.45, 7) is 2.53. The van der Waals surface area contributed by atoms with Gasteiger partial charge in [-0.15, -0.1) is 0 Å². The van der Waals surface area contributed by atoms with Crippen molar-refractivity contribution in [2.45, 2.75) is 31.3 Å². The number of ether oxygens (including phenoxy) is 1. The molecule has 6 heteroatoms. The summed E-state index contributed by atoms with van der Waals surface area (Å²) >= 11 is 0. The first-order chi connectivity index (χ1) is 7.49. The highest BCUT2D eigenvalue weighted by Crippen LogP contribution is 2.18. The Balaban J connectivity index is 2.57. The molecule has 0 aromatic carbocycles. The summed E-state index contributed by atoms with van der Waals surface area (Å²) in [6.07, 6.45) is 1.64. The van der Waals surface area contributed by atoms with Crippen molar-refractivity contribution < 1.29 is 19.4 Å². The third-order valence-electron chi connectivity index (χ3n) is 2.81. The Bertz CT molecular complexity index is 274. The molecular formula is C10H18N2O4. The topological polar surface area (TPSA) is 87.7 Å². The fourth-order valence-electron chi connectivity index (χ4n) is 1.75. The third kappa shape index (κ3) is 2.93. The number of hydrogen-bond donors (Lipinski definition) is 3. The maximum absolute atomic E-state index is 11.9. The van der Waals surface area contributed by atoms with Gasteiger partial charge in [-0.1, -0.05) is 0 Å². The lowest BCUT2D eigenvalue weighted by Crippen LogP contribution is -2.56. The Morgan fingerprint density at radius 1 is 1.62 bits per heavy atom. The van der Waals surface area contributed by atoms with Crippen LogP contribution in [0.25, 0.3) is 0 Å². The second-order valence-electron chi connectivity index (χ2n) is 4.18. The molecule has 0 radical (unpaired) electrons. The number of carboxylic acid groups (broad SMARTS) is 1. The summed E-state index contributed by atoms with van der Waals surface area (Å²) in [5, 5.41) is 14.4. The summed E-state index contributed by atoms with van der Waals surface area (Å²) in [7, 11) is 1.40. The van der Waals surface area contributed by atoms with Gasteiger partial charge in [0.1, 0.15) is 0 Å². The van der Waals surface area contributed by atoms with E-state index < -0.39 is 17.6 Å². The molecule has 1 saturated heterocycles. The minimum atomic E-state index is -1.09. The van der Waals surface area contributed by atoms with Crippen LogP contribution in [0, 0.1) is 0 Å². The van der Waals surface area contributed by atoms with Crippen LogP contribution in [0.15, 0.2) is 0 Å². The van der Waals surface area contributed by atoms with Gasteiger partial charge in [0.2, 0.25) is 5.91 Å². The number of rotatable bonds is 5. The summed E-state index contributed by atoms with van der Waals surface area (Å²) in [6, 6.07) is -0.989. The number of amides is 1. The molecule has 1 aliphatic heterocycles. The van der Waals surface area contributed by atoms with E-state index in [0.717, 1.165) is 19.4 Å². The highest BCUT2D eigenvalue weighted by atomic mass is 16.5. The summed E-state index contributed by atoms with van der Waals surface area (Å²) in [5.41, 5.74) is -0.651. The normalized spacial score (nSPS) is 26.4. The van der Waals surface area contributed by atoms with E-state index in [2.05, 4.69) is 10.6 Å². The Kier molecular flexibility index (Phi) is 4.26. The molecule has 0 aliphatic carbocycles. The lowest BCUT2D eigenvalue weighted by molar-refractivity contribution is -0.144. The zero-order valence-corrected chi connectivity index (χ0v) is 9.58. The van der Waals surface area contributed by atoms with Crippen LogP contribution in [-0.2, 0) is 14.3 Å². The second-order valence-corrected chi connectivity index (χ2v) is 4.18. The molecule has 1 fully saturated rings. The highest BCUT2D eigenvalue weighted by molar-refractivity contribution is 5.90. The molecule has 0 spiro atoms. The second kappa shape index (κ2) is 5.27. The molecule has 2 atom stereocenters. The number of aliphatic carboxylic acids is 1. The minimum absolute atomic E-state index is 0.0306. The zero-order valence-electron chi connectivity index (χ0n) is 9.58. The van der Waals surface area contributed by atoms with Gasteiger partial charge >= 0.3 is 5.97 Å². The number of carbonyl (C=O) groups excluding carboxylic acids is 1. The van der Waals surface area contributed by atoms with E-state index in [1.165, 1.54) is 7.11 Å². The van der Waals surface area contributed by atoms with E-state index in [-0.39, 0.29) is 12.5 Å². The van der Waals surface area contributed by atoms with Crippen LogP contribution < -0.4 is 10.6 Å². The predicted octanol–water partition coefficient (Wildman–Crippen LogP) is -0.656. The van der Waals surface area contributed by atoms with E-state index in [1.54, 1.807) is 6.92 Å². The number of methoxy groups -OCH3 is 1. The van der Waals surface area contributed by atoms with Crippen LogP contribution >= 0.6 is 0 Å². The van der Waals surface area contributed by atoms with Gasteiger partial charge in [0, 0.05) is 7.11 Å². The average molecular weight is 230 g/mol. The van der Waals surface area contributed by atoms with E-state index >= 15 is 0 Å². The van der Waals surface area contributed by atoms with Crippen molar-refractivity contribution in [1.82, 2.24) is 10.6 Å². The number of carbonyl (C=O) groups is 2. The van der Waals surface area contributed by atoms with Gasteiger partial charge in [0.05, 0.1) is 12.1 Å². The molecule has 2 unspecified atom stereocenters.